The molecule has 672 valence electrons. The average molecular weight is 1850 g/mol. The summed E-state index contributed by atoms with van der Waals surface area (Å²) in [7, 11) is 0. The third-order valence-electron chi connectivity index (χ3n) is 28.5. The van der Waals surface area contributed by atoms with Gasteiger partial charge in [0.1, 0.15) is 0 Å². The van der Waals surface area contributed by atoms with E-state index in [2.05, 4.69) is 382 Å². The smallest absolute Gasteiger partial charge is 0.188 e. The molecule has 0 atom stereocenters. The standard InChI is InChI=1S/C47H28N4.C44H26N2.C43H27N5/c1-48-34-22-24-45-41(27-34)40-26-32(21-23-44(40)51(45)35-11-3-2-4-12-35)30-17-19-31(20-18-30)47-42-28-39(33-10-9-25-49-29-33)36-13-5-6-14-37(36)46(42)38-15-7-8-16-43(38)50-47;1-2-11-35-34(10-1)38(32-9-6-24-45-26-32)25-39-43(35)37-12-3-4-13-40(37)46-44(39)31-18-14-27(15-19-31)33-22-20-30-17-16-28-7-5-8-29-21-23-36(33)42(30)41(28)29;1-3-12-29(13-4-1)41-46-42(30-14-5-2-6-15-30)48-43(47-41)31-23-21-28(22-24-31)40-37-26-36(32-16-11-25-44-27-32)33-17-7-8-18-34(33)39(37)35-19-9-10-20-38(35)45-40/h2-29H;1-26H;1-27H. The molecule has 0 radical (unpaired) electrons. The lowest BCUT2D eigenvalue weighted by Gasteiger charge is -2.16. The number of aromatic nitrogens is 10. The monoisotopic (exact) mass is 1840 g/mol. The first kappa shape index (κ1) is 84.5. The maximum Gasteiger partial charge on any atom is 0.188 e. The highest BCUT2D eigenvalue weighted by atomic mass is 15.0. The number of benzene rings is 21. The van der Waals surface area contributed by atoms with Crippen LogP contribution in [0.5, 0.6) is 0 Å². The van der Waals surface area contributed by atoms with Crippen LogP contribution in [0.2, 0.25) is 0 Å². The van der Waals surface area contributed by atoms with Gasteiger partial charge in [-0.3, -0.25) is 15.0 Å². The third-order valence-corrected chi connectivity index (χ3v) is 28.5. The van der Waals surface area contributed by atoms with Crippen LogP contribution in [-0.2, 0) is 0 Å². The first-order valence-electron chi connectivity index (χ1n) is 48.7. The minimum Gasteiger partial charge on any atom is -0.309 e. The van der Waals surface area contributed by atoms with Crippen molar-refractivity contribution >= 4 is 157 Å². The van der Waals surface area contributed by atoms with Gasteiger partial charge in [-0.25, -0.2) is 34.7 Å². The van der Waals surface area contributed by atoms with Crippen molar-refractivity contribution in [1.29, 1.82) is 0 Å². The van der Waals surface area contributed by atoms with Gasteiger partial charge in [-0.15, -0.1) is 0 Å². The summed E-state index contributed by atoms with van der Waals surface area (Å²) < 4.78 is 2.28. The molecule has 0 spiro atoms. The number of fused-ring (bicyclic) bond motifs is 18. The predicted octanol–water partition coefficient (Wildman–Crippen LogP) is 34.9. The van der Waals surface area contributed by atoms with E-state index in [1.54, 1.807) is 0 Å². The van der Waals surface area contributed by atoms with Gasteiger partial charge >= 0.3 is 0 Å². The van der Waals surface area contributed by atoms with E-state index in [0.717, 1.165) is 160 Å². The molecule has 0 saturated carbocycles. The van der Waals surface area contributed by atoms with Crippen molar-refractivity contribution in [3.05, 3.63) is 504 Å². The molecule has 0 bridgehead atoms. The maximum absolute atomic E-state index is 7.67. The second-order valence-electron chi connectivity index (χ2n) is 36.8. The zero-order valence-corrected chi connectivity index (χ0v) is 78.2. The maximum atomic E-state index is 7.67. The lowest BCUT2D eigenvalue weighted by molar-refractivity contribution is 1.07. The molecule has 8 heterocycles. The number of pyridine rings is 6. The van der Waals surface area contributed by atoms with Crippen molar-refractivity contribution in [1.82, 2.24) is 49.4 Å². The Kier molecular flexibility index (Phi) is 20.7. The summed E-state index contributed by atoms with van der Waals surface area (Å²) in [5, 5.41) is 27.7. The van der Waals surface area contributed by atoms with Crippen LogP contribution in [0.1, 0.15) is 0 Å². The number of hydrogen-bond acceptors (Lipinski definition) is 9. The highest BCUT2D eigenvalue weighted by Gasteiger charge is 2.25. The number of nitrogens with zero attached hydrogens (tertiary/aromatic N) is 11. The third kappa shape index (κ3) is 14.9. The lowest BCUT2D eigenvalue weighted by atomic mass is 9.89. The second-order valence-corrected chi connectivity index (χ2v) is 36.8. The predicted molar refractivity (Wildman–Crippen MR) is 601 cm³/mol. The van der Waals surface area contributed by atoms with E-state index in [0.29, 0.717) is 23.2 Å². The molecule has 0 fully saturated rings. The summed E-state index contributed by atoms with van der Waals surface area (Å²) in [4.78, 5) is 47.7. The largest absolute Gasteiger partial charge is 0.309 e. The molecule has 29 aromatic rings. The Morgan fingerprint density at radius 2 is 0.524 bits per heavy atom. The Labute approximate surface area is 833 Å². The molecule has 8 aromatic heterocycles. The van der Waals surface area contributed by atoms with Crippen molar-refractivity contribution in [3.8, 4) is 129 Å². The molecule has 0 unspecified atom stereocenters. The molecular formula is C134H81N11. The molecule has 29 rings (SSSR count). The minimum atomic E-state index is 0.621. The molecule has 0 aliphatic heterocycles. The molecule has 11 nitrogen and oxygen atoms in total. The highest BCUT2D eigenvalue weighted by molar-refractivity contribution is 6.30. The van der Waals surface area contributed by atoms with E-state index in [1.165, 1.54) is 103 Å². The van der Waals surface area contributed by atoms with Crippen molar-refractivity contribution in [2.45, 2.75) is 0 Å². The second kappa shape index (κ2) is 35.6. The molecule has 21 aromatic carbocycles. The van der Waals surface area contributed by atoms with Crippen LogP contribution >= 0.6 is 0 Å². The first-order chi connectivity index (χ1) is 71.9. The molecule has 0 saturated heterocycles. The van der Waals surface area contributed by atoms with Gasteiger partial charge < -0.3 is 4.57 Å². The van der Waals surface area contributed by atoms with Crippen LogP contribution in [0.3, 0.4) is 0 Å². The molecule has 0 amide bonds. The van der Waals surface area contributed by atoms with E-state index in [9.17, 15) is 0 Å². The van der Waals surface area contributed by atoms with Crippen LogP contribution in [0, 0.1) is 6.57 Å². The number of hydrogen-bond donors (Lipinski definition) is 0. The van der Waals surface area contributed by atoms with E-state index >= 15 is 0 Å². The summed E-state index contributed by atoms with van der Waals surface area (Å²) >= 11 is 0. The quantitative estimate of drug-likeness (QED) is 0.0868. The number of para-hydroxylation sites is 4. The van der Waals surface area contributed by atoms with E-state index < -0.39 is 0 Å². The fourth-order valence-corrected chi connectivity index (χ4v) is 21.8. The van der Waals surface area contributed by atoms with Crippen LogP contribution in [0.15, 0.2) is 492 Å². The highest BCUT2D eigenvalue weighted by Crippen LogP contribution is 2.49. The van der Waals surface area contributed by atoms with E-state index in [4.69, 9.17) is 36.5 Å². The molecule has 0 aliphatic carbocycles. The SMILES string of the molecule is [C-]#[N+]c1ccc2c(c1)c1cc(-c3ccc(-c4nc5ccccc5c5c4cc(-c4cccnc4)c4ccccc45)cc3)ccc1n2-c1ccccc1.c1ccc(-c2nc(-c3ccccc3)nc(-c3ccc(-c4nc5ccccc5c5c4cc(-c4cccnc4)c4ccccc45)cc3)n2)cc1.c1cncc(-c2cc3c(-c4ccc(-c5ccc6ccc7cccc8ccc5c6c78)cc4)nc4ccccc4c3c3ccccc23)c1. The van der Waals surface area contributed by atoms with Crippen molar-refractivity contribution in [3.63, 3.8) is 0 Å². The van der Waals surface area contributed by atoms with Gasteiger partial charge in [0, 0.05) is 147 Å². The van der Waals surface area contributed by atoms with E-state index in [1.807, 2.05) is 134 Å². The van der Waals surface area contributed by atoms with Gasteiger partial charge in [-0.2, -0.15) is 0 Å². The summed E-state index contributed by atoms with van der Waals surface area (Å²) in [6.07, 6.45) is 11.3. The molecular weight excluding hydrogens is 1760 g/mol. The normalized spacial score (nSPS) is 11.6. The summed E-state index contributed by atoms with van der Waals surface area (Å²) in [6, 6.07) is 160. The van der Waals surface area contributed by atoms with Gasteiger partial charge in [0.25, 0.3) is 0 Å². The zero-order valence-electron chi connectivity index (χ0n) is 78.2. The topological polar surface area (TPSA) is 125 Å². The van der Waals surface area contributed by atoms with E-state index in [-0.39, 0.29) is 0 Å². The first-order valence-corrected chi connectivity index (χ1v) is 48.7. The molecule has 11 heteroatoms. The van der Waals surface area contributed by atoms with Gasteiger partial charge in [0.2, 0.25) is 0 Å². The Morgan fingerprint density at radius 1 is 0.186 bits per heavy atom. The fraction of sp³-hybridized carbons (Fsp3) is 0. The van der Waals surface area contributed by atoms with Crippen molar-refractivity contribution in [2.24, 2.45) is 0 Å². The molecule has 145 heavy (non-hydrogen) atoms. The molecule has 0 aliphatic rings. The Hall–Kier alpha value is -19.8. The van der Waals surface area contributed by atoms with Crippen LogP contribution in [-0.4, -0.2) is 49.4 Å². The Bertz CT molecular complexity index is 10200. The Balaban J connectivity index is 0.000000108. The Morgan fingerprint density at radius 3 is 0.952 bits per heavy atom. The average Bonchev–Trinajstić information content (AvgIpc) is 1.42. The zero-order chi connectivity index (χ0) is 95.9. The van der Waals surface area contributed by atoms with Gasteiger partial charge in [0.15, 0.2) is 23.2 Å². The fourth-order valence-electron chi connectivity index (χ4n) is 21.8. The summed E-state index contributed by atoms with van der Waals surface area (Å²) in [6.45, 7) is 7.67. The summed E-state index contributed by atoms with van der Waals surface area (Å²) in [5.74, 6) is 1.90. The van der Waals surface area contributed by atoms with Crippen molar-refractivity contribution in [2.75, 3.05) is 0 Å². The van der Waals surface area contributed by atoms with Gasteiger partial charge in [-0.1, -0.05) is 364 Å². The number of rotatable bonds is 12. The van der Waals surface area contributed by atoms with Crippen LogP contribution < -0.4 is 0 Å². The van der Waals surface area contributed by atoms with Crippen LogP contribution in [0.25, 0.3) is 286 Å². The summed E-state index contributed by atoms with van der Waals surface area (Å²) in [5.41, 5.74) is 27.1. The lowest BCUT2D eigenvalue weighted by Crippen LogP contribution is -2.00. The van der Waals surface area contributed by atoms with Gasteiger partial charge in [0.05, 0.1) is 51.2 Å². The minimum absolute atomic E-state index is 0.621. The van der Waals surface area contributed by atoms with Gasteiger partial charge in [-0.05, 0) is 200 Å². The van der Waals surface area contributed by atoms with Crippen molar-refractivity contribution < 1.29 is 0 Å². The molecule has 0 N–H and O–H groups in total. The van der Waals surface area contributed by atoms with Crippen LogP contribution in [0.4, 0.5) is 5.69 Å².